The molecule has 0 radical (unpaired) electrons. The molecule has 2 rings (SSSR count). The van der Waals surface area contributed by atoms with Gasteiger partial charge in [0.25, 0.3) is 0 Å². The lowest BCUT2D eigenvalue weighted by atomic mass is 10.0. The summed E-state index contributed by atoms with van der Waals surface area (Å²) < 4.78 is 15.6. The smallest absolute Gasteiger partial charge is 0.479 e. The van der Waals surface area contributed by atoms with Crippen LogP contribution in [0.5, 0.6) is 0 Å². The van der Waals surface area contributed by atoms with Crippen LogP contribution in [0, 0.1) is 0 Å². The van der Waals surface area contributed by atoms with Crippen molar-refractivity contribution < 1.29 is 33.4 Å². The normalized spacial score (nSPS) is 50.1. The number of carboxylic acids is 1. The van der Waals surface area contributed by atoms with Crippen LogP contribution in [0.4, 0.5) is 0 Å². The zero-order valence-electron chi connectivity index (χ0n) is 7.99. The van der Waals surface area contributed by atoms with Crippen LogP contribution in [0.1, 0.15) is 0 Å². The van der Waals surface area contributed by atoms with Gasteiger partial charge in [-0.15, -0.1) is 0 Å². The van der Waals surface area contributed by atoms with Gasteiger partial charge in [-0.3, -0.25) is 0 Å². The summed E-state index contributed by atoms with van der Waals surface area (Å²) >= 11 is 0. The van der Waals surface area contributed by atoms with Crippen LogP contribution in [0.25, 0.3) is 0 Å². The number of aliphatic hydroxyl groups excluding tert-OH is 2. The van der Waals surface area contributed by atoms with Crippen molar-refractivity contribution in [3.63, 3.8) is 0 Å². The Hall–Kier alpha value is -0.513. The highest BCUT2D eigenvalue weighted by molar-refractivity contribution is 6.60. The minimum atomic E-state index is -3.00. The Kier molecular flexibility index (Phi) is 2.57. The largest absolute Gasteiger partial charge is 0.499 e. The summed E-state index contributed by atoms with van der Waals surface area (Å²) in [6, 6.07) is 0. The second-order valence-corrected chi connectivity index (χ2v) is 6.18. The summed E-state index contributed by atoms with van der Waals surface area (Å²) in [5.41, 5.74) is 0. The van der Waals surface area contributed by atoms with Gasteiger partial charge in [0.05, 0.1) is 6.61 Å². The lowest BCUT2D eigenvalue weighted by Gasteiger charge is -2.24. The van der Waals surface area contributed by atoms with E-state index in [1.807, 2.05) is 0 Å². The molecule has 2 aliphatic heterocycles. The lowest BCUT2D eigenvalue weighted by molar-refractivity contribution is -0.151. The van der Waals surface area contributed by atoms with Crippen molar-refractivity contribution in [2.45, 2.75) is 31.0 Å². The first-order chi connectivity index (χ1) is 6.93. The van der Waals surface area contributed by atoms with E-state index in [0.29, 0.717) is 0 Å². The van der Waals surface area contributed by atoms with E-state index in [4.69, 9.17) is 18.4 Å². The molecule has 7 nitrogen and oxygen atoms in total. The molecule has 3 N–H and O–H groups in total. The number of hydrogen-bond donors (Lipinski definition) is 3. The number of rotatable bonds is 1. The molecule has 5 atom stereocenters. The van der Waals surface area contributed by atoms with Gasteiger partial charge in [-0.25, -0.2) is 4.79 Å². The number of hydrogen-bond acceptors (Lipinski definition) is 6. The van der Waals surface area contributed by atoms with Gasteiger partial charge in [0.2, 0.25) is 0 Å². The van der Waals surface area contributed by atoms with Crippen LogP contribution in [0.3, 0.4) is 0 Å². The lowest BCUT2D eigenvalue weighted by Crippen LogP contribution is -2.48. The van der Waals surface area contributed by atoms with E-state index < -0.39 is 39.2 Å². The Morgan fingerprint density at radius 1 is 1.40 bits per heavy atom. The van der Waals surface area contributed by atoms with Crippen molar-refractivity contribution in [1.82, 2.24) is 0 Å². The van der Waals surface area contributed by atoms with Gasteiger partial charge in [-0.1, -0.05) is 0 Å². The molecule has 0 aromatic heterocycles. The van der Waals surface area contributed by atoms with Crippen molar-refractivity contribution in [1.29, 1.82) is 0 Å². The third-order valence-corrected chi connectivity index (χ3v) is 4.55. The summed E-state index contributed by atoms with van der Waals surface area (Å²) in [7, 11) is -3.00. The minimum absolute atomic E-state index is 0.104. The molecule has 2 bridgehead atoms. The van der Waals surface area contributed by atoms with Gasteiger partial charge in [0.1, 0.15) is 18.3 Å². The fourth-order valence-electron chi connectivity index (χ4n) is 1.70. The van der Waals surface area contributed by atoms with Crippen molar-refractivity contribution in [2.75, 3.05) is 6.61 Å². The summed E-state index contributed by atoms with van der Waals surface area (Å²) in [4.78, 5) is 10.8. The first kappa shape index (κ1) is 11.0. The molecular formula is C7H12O7Si. The maximum atomic E-state index is 10.8. The van der Waals surface area contributed by atoms with Gasteiger partial charge < -0.3 is 28.6 Å². The number of carboxylic acid groups (broad SMARTS) is 1. The van der Waals surface area contributed by atoms with Gasteiger partial charge in [-0.2, -0.15) is 0 Å². The van der Waals surface area contributed by atoms with Crippen LogP contribution in [-0.4, -0.2) is 61.1 Å². The number of aliphatic carboxylic acids is 1. The third-order valence-electron chi connectivity index (χ3n) is 2.48. The summed E-state index contributed by atoms with van der Waals surface area (Å²) in [6.07, 6.45) is -4.78. The summed E-state index contributed by atoms with van der Waals surface area (Å²) in [5, 5.41) is 27.9. The SMILES string of the molecule is C[Si]12OCC(O)C(O)C(O1)C(C(=O)O)O2. The standard InChI is InChI=1S/C7H12O7Si/c1-15-12-2-3(8)4(9)5(13-15)6(14-15)7(10)11/h3-6,8-9H,2H2,1H3,(H,10,11). The van der Waals surface area contributed by atoms with Crippen LogP contribution < -0.4 is 0 Å². The Balaban J connectivity index is 2.26. The topological polar surface area (TPSA) is 105 Å². The zero-order chi connectivity index (χ0) is 11.2. The monoisotopic (exact) mass is 236 g/mol. The molecule has 5 unspecified atom stereocenters. The molecular weight excluding hydrogens is 224 g/mol. The van der Waals surface area contributed by atoms with Crippen molar-refractivity contribution >= 4 is 14.8 Å². The zero-order valence-corrected chi connectivity index (χ0v) is 8.99. The van der Waals surface area contributed by atoms with E-state index in [1.54, 1.807) is 0 Å². The number of fused-ring (bicyclic) bond motifs is 2. The highest BCUT2D eigenvalue weighted by Gasteiger charge is 2.58. The van der Waals surface area contributed by atoms with E-state index in [9.17, 15) is 15.0 Å². The molecule has 0 aromatic rings. The predicted molar refractivity (Wildman–Crippen MR) is 47.0 cm³/mol. The molecule has 2 aliphatic rings. The molecule has 2 fully saturated rings. The van der Waals surface area contributed by atoms with E-state index in [0.717, 1.165) is 0 Å². The summed E-state index contributed by atoms with van der Waals surface area (Å²) in [5.74, 6) is -1.23. The minimum Gasteiger partial charge on any atom is -0.479 e. The maximum absolute atomic E-state index is 10.8. The molecule has 8 heteroatoms. The average Bonchev–Trinajstić information content (AvgIpc) is 2.47. The first-order valence-electron chi connectivity index (χ1n) is 4.51. The Morgan fingerprint density at radius 3 is 2.67 bits per heavy atom. The van der Waals surface area contributed by atoms with Crippen LogP contribution in [-0.2, 0) is 18.1 Å². The van der Waals surface area contributed by atoms with E-state index in [1.165, 1.54) is 6.55 Å². The molecule has 2 heterocycles. The Bertz CT molecular complexity index is 285. The second kappa shape index (κ2) is 3.51. The quantitative estimate of drug-likeness (QED) is 0.460. The molecule has 0 spiro atoms. The average molecular weight is 236 g/mol. The van der Waals surface area contributed by atoms with E-state index in [2.05, 4.69) is 0 Å². The molecule has 2 saturated heterocycles. The first-order valence-corrected chi connectivity index (χ1v) is 6.74. The van der Waals surface area contributed by atoms with E-state index in [-0.39, 0.29) is 6.61 Å². The third kappa shape index (κ3) is 1.79. The highest BCUT2D eigenvalue weighted by Crippen LogP contribution is 2.32. The predicted octanol–water partition coefficient (Wildman–Crippen LogP) is -1.82. The van der Waals surface area contributed by atoms with Gasteiger partial charge >= 0.3 is 14.8 Å². The molecule has 0 saturated carbocycles. The van der Waals surface area contributed by atoms with Crippen molar-refractivity contribution in [3.8, 4) is 0 Å². The van der Waals surface area contributed by atoms with Crippen LogP contribution >= 0.6 is 0 Å². The van der Waals surface area contributed by atoms with Gasteiger partial charge in [0, 0.05) is 6.55 Å². The molecule has 15 heavy (non-hydrogen) atoms. The Morgan fingerprint density at radius 2 is 2.07 bits per heavy atom. The van der Waals surface area contributed by atoms with Gasteiger partial charge in [0.15, 0.2) is 6.10 Å². The maximum Gasteiger partial charge on any atom is 0.499 e. The fourth-order valence-corrected chi connectivity index (χ4v) is 3.82. The molecule has 86 valence electrons. The number of carbonyl (C=O) groups is 1. The van der Waals surface area contributed by atoms with Crippen LogP contribution in [0.2, 0.25) is 6.55 Å². The summed E-state index contributed by atoms with van der Waals surface area (Å²) in [6.45, 7) is 1.43. The molecule has 0 aromatic carbocycles. The van der Waals surface area contributed by atoms with Crippen molar-refractivity contribution in [3.05, 3.63) is 0 Å². The fraction of sp³-hybridized carbons (Fsp3) is 0.857. The van der Waals surface area contributed by atoms with Crippen molar-refractivity contribution in [2.24, 2.45) is 0 Å². The van der Waals surface area contributed by atoms with E-state index >= 15 is 0 Å². The van der Waals surface area contributed by atoms with Gasteiger partial charge in [-0.05, 0) is 0 Å². The second-order valence-electron chi connectivity index (χ2n) is 3.69. The number of aliphatic hydroxyl groups is 2. The highest BCUT2D eigenvalue weighted by atomic mass is 28.4. The Labute approximate surface area is 86.6 Å². The molecule has 0 aliphatic carbocycles. The van der Waals surface area contributed by atoms with Crippen LogP contribution in [0.15, 0.2) is 0 Å². The molecule has 0 amide bonds.